The highest BCUT2D eigenvalue weighted by Crippen LogP contribution is 2.22. The van der Waals surface area contributed by atoms with Crippen molar-refractivity contribution in [3.8, 4) is 5.69 Å². The Bertz CT molecular complexity index is 803. The molecule has 1 amide bonds. The van der Waals surface area contributed by atoms with Crippen LogP contribution in [0.3, 0.4) is 0 Å². The van der Waals surface area contributed by atoms with Gasteiger partial charge in [0.15, 0.2) is 5.69 Å². The average Bonchev–Trinajstić information content (AvgIpc) is 3.02. The molecule has 1 saturated heterocycles. The number of nitrogens with two attached hydrogens (primary N) is 1. The average molecular weight is 344 g/mol. The van der Waals surface area contributed by atoms with Crippen LogP contribution < -0.4 is 5.73 Å². The second kappa shape index (κ2) is 6.98. The predicted molar refractivity (Wildman–Crippen MR) is 90.5 cm³/mol. The van der Waals surface area contributed by atoms with Crippen molar-refractivity contribution in [2.75, 3.05) is 13.1 Å². The number of amides is 1. The van der Waals surface area contributed by atoms with E-state index in [2.05, 4.69) is 10.3 Å². The number of benzene rings is 1. The van der Waals surface area contributed by atoms with E-state index in [-0.39, 0.29) is 23.3 Å². The molecule has 1 aromatic heterocycles. The Kier molecular flexibility index (Phi) is 4.75. The maximum Gasteiger partial charge on any atom is 0.276 e. The second-order valence-electron chi connectivity index (χ2n) is 6.10. The zero-order valence-corrected chi connectivity index (χ0v) is 14.0. The number of non-ortho nitro benzene ring substituents is 1. The lowest BCUT2D eigenvalue weighted by Crippen LogP contribution is -2.47. The van der Waals surface area contributed by atoms with Crippen LogP contribution in [0, 0.1) is 17.0 Å². The standard InChI is InChI=1S/C16H20N6O3/c1-11-15(16(23)20-8-3-2-5-14(20)10-17)18-19-21(11)12-6-4-7-13(9-12)22(24)25/h4,6-7,9,14H,2-3,5,8,10,17H2,1H3. The van der Waals surface area contributed by atoms with Gasteiger partial charge in [0.1, 0.15) is 0 Å². The third-order valence-electron chi connectivity index (χ3n) is 4.54. The fourth-order valence-electron chi connectivity index (χ4n) is 3.16. The molecule has 9 heteroatoms. The van der Waals surface area contributed by atoms with E-state index in [1.54, 1.807) is 24.0 Å². The van der Waals surface area contributed by atoms with E-state index in [0.717, 1.165) is 19.3 Å². The van der Waals surface area contributed by atoms with Crippen molar-refractivity contribution in [3.05, 3.63) is 45.8 Å². The van der Waals surface area contributed by atoms with Gasteiger partial charge in [-0.25, -0.2) is 4.68 Å². The zero-order valence-electron chi connectivity index (χ0n) is 14.0. The number of hydrogen-bond donors (Lipinski definition) is 1. The Hall–Kier alpha value is -2.81. The number of likely N-dealkylation sites (tertiary alicyclic amines) is 1. The molecule has 0 saturated carbocycles. The summed E-state index contributed by atoms with van der Waals surface area (Å²) in [6.07, 6.45) is 2.89. The summed E-state index contributed by atoms with van der Waals surface area (Å²) < 4.78 is 1.45. The first-order valence-corrected chi connectivity index (χ1v) is 8.21. The lowest BCUT2D eigenvalue weighted by Gasteiger charge is -2.34. The largest absolute Gasteiger partial charge is 0.333 e. The molecule has 132 valence electrons. The molecule has 9 nitrogen and oxygen atoms in total. The lowest BCUT2D eigenvalue weighted by molar-refractivity contribution is -0.384. The van der Waals surface area contributed by atoms with Crippen LogP contribution in [0.5, 0.6) is 0 Å². The molecule has 1 fully saturated rings. The maximum atomic E-state index is 12.9. The number of aromatic nitrogens is 3. The van der Waals surface area contributed by atoms with Gasteiger partial charge in [-0.1, -0.05) is 11.3 Å². The Balaban J connectivity index is 1.92. The molecule has 0 aliphatic carbocycles. The van der Waals surface area contributed by atoms with Gasteiger partial charge in [-0.3, -0.25) is 14.9 Å². The molecule has 1 aromatic carbocycles. The molecule has 0 radical (unpaired) electrons. The van der Waals surface area contributed by atoms with Crippen LogP contribution in [0.15, 0.2) is 24.3 Å². The van der Waals surface area contributed by atoms with Crippen molar-refractivity contribution in [3.63, 3.8) is 0 Å². The third-order valence-corrected chi connectivity index (χ3v) is 4.54. The van der Waals surface area contributed by atoms with Crippen LogP contribution in [0.2, 0.25) is 0 Å². The van der Waals surface area contributed by atoms with Gasteiger partial charge in [0.05, 0.1) is 16.3 Å². The van der Waals surface area contributed by atoms with Crippen molar-refractivity contribution in [2.45, 2.75) is 32.2 Å². The first kappa shape index (κ1) is 17.0. The first-order valence-electron chi connectivity index (χ1n) is 8.21. The van der Waals surface area contributed by atoms with Crippen molar-refractivity contribution in [2.24, 2.45) is 5.73 Å². The number of hydrogen-bond acceptors (Lipinski definition) is 6. The second-order valence-corrected chi connectivity index (χ2v) is 6.10. The quantitative estimate of drug-likeness (QED) is 0.662. The molecule has 2 N–H and O–H groups in total. The monoisotopic (exact) mass is 344 g/mol. The van der Waals surface area contributed by atoms with E-state index < -0.39 is 4.92 Å². The molecular formula is C16H20N6O3. The van der Waals surface area contributed by atoms with E-state index in [0.29, 0.717) is 24.5 Å². The summed E-state index contributed by atoms with van der Waals surface area (Å²) in [5.41, 5.74) is 7.04. The summed E-state index contributed by atoms with van der Waals surface area (Å²) in [5.74, 6) is -0.190. The molecule has 1 atom stereocenters. The molecule has 1 unspecified atom stereocenters. The Morgan fingerprint density at radius 3 is 2.96 bits per heavy atom. The van der Waals surface area contributed by atoms with Crippen molar-refractivity contribution >= 4 is 11.6 Å². The Morgan fingerprint density at radius 1 is 1.44 bits per heavy atom. The zero-order chi connectivity index (χ0) is 18.0. The van der Waals surface area contributed by atoms with Gasteiger partial charge < -0.3 is 10.6 Å². The van der Waals surface area contributed by atoms with Gasteiger partial charge in [-0.05, 0) is 32.3 Å². The first-order chi connectivity index (χ1) is 12.0. The maximum absolute atomic E-state index is 12.9. The highest BCUT2D eigenvalue weighted by atomic mass is 16.6. The van der Waals surface area contributed by atoms with E-state index in [4.69, 9.17) is 5.73 Å². The van der Waals surface area contributed by atoms with Crippen molar-refractivity contribution < 1.29 is 9.72 Å². The van der Waals surface area contributed by atoms with Crippen LogP contribution in [-0.4, -0.2) is 49.9 Å². The number of piperidine rings is 1. The van der Waals surface area contributed by atoms with Crippen LogP contribution >= 0.6 is 0 Å². The fraction of sp³-hybridized carbons (Fsp3) is 0.438. The Morgan fingerprint density at radius 2 is 2.24 bits per heavy atom. The van der Waals surface area contributed by atoms with Crippen LogP contribution in [0.25, 0.3) is 5.69 Å². The fourth-order valence-corrected chi connectivity index (χ4v) is 3.16. The van der Waals surface area contributed by atoms with E-state index in [9.17, 15) is 14.9 Å². The molecule has 2 aromatic rings. The van der Waals surface area contributed by atoms with Gasteiger partial charge in [0.2, 0.25) is 0 Å². The number of rotatable bonds is 4. The van der Waals surface area contributed by atoms with Crippen molar-refractivity contribution in [1.82, 2.24) is 19.9 Å². The minimum absolute atomic E-state index is 0.0172. The highest BCUT2D eigenvalue weighted by molar-refractivity contribution is 5.93. The summed E-state index contributed by atoms with van der Waals surface area (Å²) in [6.45, 7) is 2.81. The number of nitro benzene ring substituents is 1. The number of carbonyl (C=O) groups is 1. The van der Waals surface area contributed by atoms with E-state index in [1.165, 1.54) is 16.8 Å². The molecular weight excluding hydrogens is 324 g/mol. The van der Waals surface area contributed by atoms with Crippen molar-refractivity contribution in [1.29, 1.82) is 0 Å². The molecule has 1 aliphatic heterocycles. The topological polar surface area (TPSA) is 120 Å². The summed E-state index contributed by atoms with van der Waals surface area (Å²) in [7, 11) is 0. The van der Waals surface area contributed by atoms with Crippen LogP contribution in [-0.2, 0) is 0 Å². The molecule has 25 heavy (non-hydrogen) atoms. The number of carbonyl (C=O) groups excluding carboxylic acids is 1. The van der Waals surface area contributed by atoms with E-state index in [1.807, 2.05) is 0 Å². The van der Waals surface area contributed by atoms with E-state index >= 15 is 0 Å². The smallest absolute Gasteiger partial charge is 0.276 e. The number of nitro groups is 1. The summed E-state index contributed by atoms with van der Waals surface area (Å²) in [5, 5.41) is 19.0. The summed E-state index contributed by atoms with van der Waals surface area (Å²) in [6, 6.07) is 6.09. The lowest BCUT2D eigenvalue weighted by atomic mass is 10.0. The minimum atomic E-state index is -0.471. The number of nitrogens with zero attached hydrogens (tertiary/aromatic N) is 5. The molecule has 2 heterocycles. The highest BCUT2D eigenvalue weighted by Gasteiger charge is 2.30. The van der Waals surface area contributed by atoms with Gasteiger partial charge >= 0.3 is 0 Å². The molecule has 0 bridgehead atoms. The van der Waals surface area contributed by atoms with Gasteiger partial charge in [-0.2, -0.15) is 0 Å². The van der Waals surface area contributed by atoms with Crippen LogP contribution in [0.1, 0.15) is 35.4 Å². The third kappa shape index (κ3) is 3.22. The molecule has 1 aliphatic rings. The van der Waals surface area contributed by atoms with Gasteiger partial charge in [0.25, 0.3) is 11.6 Å². The van der Waals surface area contributed by atoms with Crippen LogP contribution in [0.4, 0.5) is 5.69 Å². The summed E-state index contributed by atoms with van der Waals surface area (Å²) in [4.78, 5) is 25.1. The minimum Gasteiger partial charge on any atom is -0.333 e. The predicted octanol–water partition coefficient (Wildman–Crippen LogP) is 1.44. The molecule has 3 rings (SSSR count). The Labute approximate surface area is 144 Å². The SMILES string of the molecule is Cc1c(C(=O)N2CCCCC2CN)nnn1-c1cccc([N+](=O)[O-])c1. The van der Waals surface area contributed by atoms with Gasteiger partial charge in [-0.15, -0.1) is 5.10 Å². The normalized spacial score (nSPS) is 17.5. The summed E-state index contributed by atoms with van der Waals surface area (Å²) >= 11 is 0. The van der Waals surface area contributed by atoms with Gasteiger partial charge in [0, 0.05) is 31.3 Å². The molecule has 0 spiro atoms.